The molecule has 1 heterocycles. The lowest BCUT2D eigenvalue weighted by molar-refractivity contribution is 0.210. The van der Waals surface area contributed by atoms with Gasteiger partial charge >= 0.3 is 0 Å². The van der Waals surface area contributed by atoms with Crippen molar-refractivity contribution in [1.82, 2.24) is 9.66 Å². The largest absolute Gasteiger partial charge is 0.490 e. The number of anilines is 1. The Hall–Kier alpha value is -2.30. The van der Waals surface area contributed by atoms with Gasteiger partial charge in [-0.25, -0.2) is 9.66 Å². The molecule has 1 saturated carbocycles. The molecule has 3 rings (SSSR count). The molecular weight excluding hydrogens is 264 g/mol. The van der Waals surface area contributed by atoms with Crippen LogP contribution in [0, 0.1) is 6.92 Å². The summed E-state index contributed by atoms with van der Waals surface area (Å²) < 4.78 is 7.56. The van der Waals surface area contributed by atoms with Crippen LogP contribution in [-0.4, -0.2) is 22.0 Å². The molecule has 1 aromatic carbocycles. The fourth-order valence-corrected chi connectivity index (χ4v) is 2.59. The van der Waals surface area contributed by atoms with Crippen molar-refractivity contribution in [3.05, 3.63) is 41.7 Å². The first-order valence-electron chi connectivity index (χ1n) is 7.33. The average Bonchev–Trinajstić information content (AvgIpc) is 3.07. The minimum Gasteiger partial charge on any atom is -0.490 e. The lowest BCUT2D eigenvalue weighted by Gasteiger charge is -2.13. The Morgan fingerprint density at radius 2 is 2.19 bits per heavy atom. The summed E-state index contributed by atoms with van der Waals surface area (Å²) in [6, 6.07) is 7.96. The lowest BCUT2D eigenvalue weighted by Crippen LogP contribution is -2.10. The van der Waals surface area contributed by atoms with E-state index in [0.717, 1.165) is 29.8 Å². The van der Waals surface area contributed by atoms with E-state index in [1.54, 1.807) is 17.1 Å². The zero-order valence-electron chi connectivity index (χ0n) is 12.2. The maximum atomic E-state index is 5.99. The summed E-state index contributed by atoms with van der Waals surface area (Å²) in [4.78, 5) is 4.11. The fraction of sp³-hybridized carbons (Fsp3) is 0.375. The van der Waals surface area contributed by atoms with E-state index in [1.165, 1.54) is 12.8 Å². The number of nitrogen functional groups attached to an aromatic ring is 1. The molecule has 0 amide bonds. The zero-order valence-corrected chi connectivity index (χ0v) is 12.2. The van der Waals surface area contributed by atoms with E-state index in [9.17, 15) is 0 Å². The standard InChI is InChI=1S/C16H20N4O/c1-12-11-20(16(17)19-12)18-10-13-5-4-8-15(9-13)21-14-6-2-3-7-14/h4-5,8-11,14H,2-3,6-7H2,1H3,(H2,17,19). The Kier molecular flexibility index (Phi) is 3.90. The highest BCUT2D eigenvalue weighted by Crippen LogP contribution is 2.24. The van der Waals surface area contributed by atoms with Crippen LogP contribution in [0.4, 0.5) is 5.95 Å². The number of ether oxygens (including phenoxy) is 1. The second-order valence-corrected chi connectivity index (χ2v) is 5.43. The van der Waals surface area contributed by atoms with Crippen LogP contribution in [0.3, 0.4) is 0 Å². The number of benzene rings is 1. The van der Waals surface area contributed by atoms with E-state index >= 15 is 0 Å². The summed E-state index contributed by atoms with van der Waals surface area (Å²) in [6.45, 7) is 1.89. The molecule has 0 radical (unpaired) electrons. The Morgan fingerprint density at radius 1 is 1.38 bits per heavy atom. The Balaban J connectivity index is 1.71. The molecular formula is C16H20N4O. The first-order chi connectivity index (χ1) is 10.2. The van der Waals surface area contributed by atoms with Gasteiger partial charge in [0.1, 0.15) is 5.75 Å². The molecule has 0 unspecified atom stereocenters. The summed E-state index contributed by atoms with van der Waals surface area (Å²) in [7, 11) is 0. The highest BCUT2D eigenvalue weighted by Gasteiger charge is 2.16. The van der Waals surface area contributed by atoms with Crippen LogP contribution in [0.25, 0.3) is 0 Å². The van der Waals surface area contributed by atoms with Crippen molar-refractivity contribution < 1.29 is 4.74 Å². The van der Waals surface area contributed by atoms with Gasteiger partial charge in [-0.15, -0.1) is 0 Å². The quantitative estimate of drug-likeness (QED) is 0.878. The number of nitrogens with zero attached hydrogens (tertiary/aromatic N) is 3. The van der Waals surface area contributed by atoms with Crippen molar-refractivity contribution in [3.8, 4) is 5.75 Å². The summed E-state index contributed by atoms with van der Waals surface area (Å²) in [5, 5.41) is 4.32. The molecule has 1 aliphatic rings. The molecule has 0 aliphatic heterocycles. The number of hydrogen-bond acceptors (Lipinski definition) is 4. The molecule has 21 heavy (non-hydrogen) atoms. The van der Waals surface area contributed by atoms with Gasteiger partial charge in [0, 0.05) is 0 Å². The summed E-state index contributed by atoms with van der Waals surface area (Å²) in [6.07, 6.45) is 8.77. The highest BCUT2D eigenvalue weighted by atomic mass is 16.5. The monoisotopic (exact) mass is 284 g/mol. The first kappa shape index (κ1) is 13.7. The van der Waals surface area contributed by atoms with Crippen molar-refractivity contribution in [2.24, 2.45) is 5.10 Å². The van der Waals surface area contributed by atoms with E-state index in [-0.39, 0.29) is 0 Å². The number of aryl methyl sites for hydroxylation is 1. The van der Waals surface area contributed by atoms with Crippen LogP contribution in [0.2, 0.25) is 0 Å². The Morgan fingerprint density at radius 3 is 2.90 bits per heavy atom. The summed E-state index contributed by atoms with van der Waals surface area (Å²) in [5.41, 5.74) is 7.59. The molecule has 1 aromatic heterocycles. The Bertz CT molecular complexity index is 641. The number of rotatable bonds is 4. The van der Waals surface area contributed by atoms with Gasteiger partial charge in [-0.1, -0.05) is 12.1 Å². The molecule has 0 spiro atoms. The van der Waals surface area contributed by atoms with Gasteiger partial charge in [-0.2, -0.15) is 5.10 Å². The molecule has 0 atom stereocenters. The minimum absolute atomic E-state index is 0.365. The van der Waals surface area contributed by atoms with Crippen LogP contribution in [-0.2, 0) is 0 Å². The van der Waals surface area contributed by atoms with Crippen molar-refractivity contribution >= 4 is 12.2 Å². The van der Waals surface area contributed by atoms with E-state index < -0.39 is 0 Å². The maximum absolute atomic E-state index is 5.99. The van der Waals surface area contributed by atoms with Crippen LogP contribution in [0.1, 0.15) is 36.9 Å². The van der Waals surface area contributed by atoms with Gasteiger partial charge in [0.15, 0.2) is 0 Å². The molecule has 0 bridgehead atoms. The first-order valence-corrected chi connectivity index (χ1v) is 7.33. The van der Waals surface area contributed by atoms with Gasteiger partial charge in [0.2, 0.25) is 5.95 Å². The average molecular weight is 284 g/mol. The van der Waals surface area contributed by atoms with E-state index in [4.69, 9.17) is 10.5 Å². The fourth-order valence-electron chi connectivity index (χ4n) is 2.59. The van der Waals surface area contributed by atoms with Crippen molar-refractivity contribution in [2.75, 3.05) is 5.73 Å². The van der Waals surface area contributed by atoms with Gasteiger partial charge in [-0.05, 0) is 50.3 Å². The Labute approximate surface area is 124 Å². The van der Waals surface area contributed by atoms with E-state index in [1.807, 2.05) is 31.2 Å². The molecule has 1 fully saturated rings. The van der Waals surface area contributed by atoms with Crippen molar-refractivity contribution in [1.29, 1.82) is 0 Å². The van der Waals surface area contributed by atoms with E-state index in [0.29, 0.717) is 12.1 Å². The normalized spacial score (nSPS) is 15.9. The van der Waals surface area contributed by atoms with Gasteiger partial charge in [-0.3, -0.25) is 0 Å². The number of nitrogens with two attached hydrogens (primary N) is 1. The molecule has 1 aliphatic carbocycles. The van der Waals surface area contributed by atoms with Crippen LogP contribution in [0.5, 0.6) is 5.75 Å². The highest BCUT2D eigenvalue weighted by molar-refractivity contribution is 5.80. The predicted octanol–water partition coefficient (Wildman–Crippen LogP) is 2.98. The lowest BCUT2D eigenvalue weighted by atomic mass is 10.2. The molecule has 5 heteroatoms. The number of hydrogen-bond donors (Lipinski definition) is 1. The van der Waals surface area contributed by atoms with Crippen molar-refractivity contribution in [2.45, 2.75) is 38.7 Å². The number of aromatic nitrogens is 2. The third kappa shape index (κ3) is 3.42. The number of imidazole rings is 1. The van der Waals surface area contributed by atoms with E-state index in [2.05, 4.69) is 10.1 Å². The topological polar surface area (TPSA) is 65.4 Å². The minimum atomic E-state index is 0.365. The molecule has 2 aromatic rings. The van der Waals surface area contributed by atoms with Crippen LogP contribution < -0.4 is 10.5 Å². The summed E-state index contributed by atoms with van der Waals surface area (Å²) >= 11 is 0. The van der Waals surface area contributed by atoms with Crippen LogP contribution >= 0.6 is 0 Å². The van der Waals surface area contributed by atoms with Gasteiger partial charge < -0.3 is 10.5 Å². The smallest absolute Gasteiger partial charge is 0.221 e. The maximum Gasteiger partial charge on any atom is 0.221 e. The third-order valence-electron chi connectivity index (χ3n) is 3.63. The SMILES string of the molecule is Cc1cn(N=Cc2cccc(OC3CCCC3)c2)c(N)n1. The molecule has 0 saturated heterocycles. The summed E-state index contributed by atoms with van der Waals surface area (Å²) in [5.74, 6) is 1.29. The molecule has 2 N–H and O–H groups in total. The van der Waals surface area contributed by atoms with Crippen LogP contribution in [0.15, 0.2) is 35.6 Å². The zero-order chi connectivity index (χ0) is 14.7. The van der Waals surface area contributed by atoms with Gasteiger partial charge in [0.05, 0.1) is 24.2 Å². The molecule has 110 valence electrons. The third-order valence-corrected chi connectivity index (χ3v) is 3.63. The van der Waals surface area contributed by atoms with Crippen molar-refractivity contribution in [3.63, 3.8) is 0 Å². The second kappa shape index (κ2) is 5.99. The molecule has 5 nitrogen and oxygen atoms in total. The predicted molar refractivity (Wildman–Crippen MR) is 83.7 cm³/mol. The van der Waals surface area contributed by atoms with Gasteiger partial charge in [0.25, 0.3) is 0 Å². The second-order valence-electron chi connectivity index (χ2n) is 5.43.